The van der Waals surface area contributed by atoms with Gasteiger partial charge in [-0.2, -0.15) is 10.1 Å². The molecule has 0 aliphatic heterocycles. The maximum atomic E-state index is 13.6. The molecule has 7 nitrogen and oxygen atoms in total. The van der Waals surface area contributed by atoms with Crippen LogP contribution in [0.4, 0.5) is 10.1 Å². The summed E-state index contributed by atoms with van der Waals surface area (Å²) in [6.45, 7) is 2.91. The van der Waals surface area contributed by atoms with Gasteiger partial charge < -0.3 is 0 Å². The molecule has 0 amide bonds. The van der Waals surface area contributed by atoms with E-state index in [-0.39, 0.29) is 28.2 Å². The molecule has 18 heavy (non-hydrogen) atoms. The number of hydrogen-bond acceptors (Lipinski definition) is 5. The molecule has 0 fully saturated rings. The van der Waals surface area contributed by atoms with Crippen molar-refractivity contribution in [1.29, 1.82) is 0 Å². The topological polar surface area (TPSA) is 86.7 Å². The van der Waals surface area contributed by atoms with E-state index < -0.39 is 10.7 Å². The van der Waals surface area contributed by atoms with Gasteiger partial charge in [-0.1, -0.05) is 0 Å². The van der Waals surface area contributed by atoms with Crippen LogP contribution in [0.15, 0.2) is 6.20 Å². The highest BCUT2D eigenvalue weighted by molar-refractivity contribution is 6.28. The Morgan fingerprint density at radius 1 is 1.50 bits per heavy atom. The Balaban J connectivity index is 2.69. The van der Waals surface area contributed by atoms with Crippen LogP contribution in [0.25, 0.3) is 5.82 Å². The lowest BCUT2D eigenvalue weighted by molar-refractivity contribution is -0.386. The van der Waals surface area contributed by atoms with Crippen molar-refractivity contribution in [3.63, 3.8) is 0 Å². The van der Waals surface area contributed by atoms with Crippen molar-refractivity contribution in [2.45, 2.75) is 13.8 Å². The zero-order chi connectivity index (χ0) is 13.4. The maximum absolute atomic E-state index is 13.6. The van der Waals surface area contributed by atoms with Gasteiger partial charge in [-0.3, -0.25) is 10.1 Å². The van der Waals surface area contributed by atoms with Crippen molar-refractivity contribution < 1.29 is 9.31 Å². The van der Waals surface area contributed by atoms with E-state index in [2.05, 4.69) is 15.1 Å². The fraction of sp³-hybridized carbons (Fsp3) is 0.222. The van der Waals surface area contributed by atoms with Gasteiger partial charge in [-0.15, -0.1) is 0 Å². The number of halogens is 2. The van der Waals surface area contributed by atoms with E-state index in [1.165, 1.54) is 13.8 Å². The smallest absolute Gasteiger partial charge is 0.258 e. The first-order chi connectivity index (χ1) is 8.41. The summed E-state index contributed by atoms with van der Waals surface area (Å²) >= 11 is 5.56. The first-order valence-electron chi connectivity index (χ1n) is 4.81. The van der Waals surface area contributed by atoms with E-state index in [0.29, 0.717) is 0 Å². The average molecular weight is 272 g/mol. The molecular formula is C9H7ClFN5O2. The molecule has 2 heterocycles. The number of hydrogen-bond donors (Lipinski definition) is 0. The van der Waals surface area contributed by atoms with Crippen LogP contribution in [0.2, 0.25) is 5.28 Å². The number of nitrogens with zero attached hydrogens (tertiary/aromatic N) is 5. The fourth-order valence-corrected chi connectivity index (χ4v) is 1.72. The van der Waals surface area contributed by atoms with Crippen LogP contribution in [-0.4, -0.2) is 24.7 Å². The van der Waals surface area contributed by atoms with Crippen molar-refractivity contribution in [2.75, 3.05) is 0 Å². The monoisotopic (exact) mass is 271 g/mol. The minimum Gasteiger partial charge on any atom is -0.258 e. The van der Waals surface area contributed by atoms with Gasteiger partial charge in [0, 0.05) is 0 Å². The van der Waals surface area contributed by atoms with E-state index in [9.17, 15) is 14.5 Å². The third-order valence-corrected chi connectivity index (χ3v) is 2.51. The summed E-state index contributed by atoms with van der Waals surface area (Å²) < 4.78 is 14.6. The fourth-order valence-electron chi connectivity index (χ4n) is 1.59. The summed E-state index contributed by atoms with van der Waals surface area (Å²) in [5.41, 5.74) is 0.168. The molecule has 9 heteroatoms. The quantitative estimate of drug-likeness (QED) is 0.473. The normalized spacial score (nSPS) is 10.7. The number of nitro groups is 1. The SMILES string of the molecule is Cc1nn(-c2nc(Cl)ncc2F)c(C)c1[N+](=O)[O-]. The zero-order valence-corrected chi connectivity index (χ0v) is 10.1. The van der Waals surface area contributed by atoms with Crippen molar-refractivity contribution >= 4 is 17.3 Å². The highest BCUT2D eigenvalue weighted by atomic mass is 35.5. The van der Waals surface area contributed by atoms with Gasteiger partial charge in [0.05, 0.1) is 11.1 Å². The van der Waals surface area contributed by atoms with Gasteiger partial charge in [0.25, 0.3) is 0 Å². The van der Waals surface area contributed by atoms with Gasteiger partial charge >= 0.3 is 5.69 Å². The van der Waals surface area contributed by atoms with Gasteiger partial charge in [-0.05, 0) is 25.4 Å². The molecule has 0 aliphatic carbocycles. The molecule has 2 aromatic heterocycles. The zero-order valence-electron chi connectivity index (χ0n) is 9.39. The highest BCUT2D eigenvalue weighted by Crippen LogP contribution is 2.25. The van der Waals surface area contributed by atoms with E-state index in [4.69, 9.17) is 11.6 Å². The van der Waals surface area contributed by atoms with Crippen LogP contribution in [0, 0.1) is 29.8 Å². The van der Waals surface area contributed by atoms with Crippen LogP contribution in [0.5, 0.6) is 0 Å². The van der Waals surface area contributed by atoms with Gasteiger partial charge in [0.15, 0.2) is 11.6 Å². The van der Waals surface area contributed by atoms with Crippen molar-refractivity contribution in [3.05, 3.63) is 38.8 Å². The Labute approximate surface area is 105 Å². The summed E-state index contributed by atoms with van der Waals surface area (Å²) in [6, 6.07) is 0. The number of aryl methyl sites for hydroxylation is 1. The second-order valence-electron chi connectivity index (χ2n) is 3.50. The van der Waals surface area contributed by atoms with E-state index >= 15 is 0 Å². The Kier molecular flexibility index (Phi) is 2.95. The summed E-state index contributed by atoms with van der Waals surface area (Å²) in [5.74, 6) is -0.983. The molecule has 0 spiro atoms. The van der Waals surface area contributed by atoms with Crippen molar-refractivity contribution in [2.24, 2.45) is 0 Å². The third-order valence-electron chi connectivity index (χ3n) is 2.33. The van der Waals surface area contributed by atoms with Crippen molar-refractivity contribution in [1.82, 2.24) is 19.7 Å². The molecule has 0 aromatic carbocycles. The summed E-state index contributed by atoms with van der Waals surface area (Å²) in [5, 5.41) is 14.6. The Bertz CT molecular complexity index is 642. The predicted octanol–water partition coefficient (Wildman–Crippen LogP) is 1.98. The largest absolute Gasteiger partial charge is 0.313 e. The third kappa shape index (κ3) is 1.90. The first-order valence-corrected chi connectivity index (χ1v) is 5.18. The van der Waals surface area contributed by atoms with E-state index in [1.807, 2.05) is 0 Å². The van der Waals surface area contributed by atoms with Gasteiger partial charge in [-0.25, -0.2) is 14.1 Å². The molecule has 0 atom stereocenters. The molecule has 2 aromatic rings. The molecule has 2 rings (SSSR count). The Morgan fingerprint density at radius 3 is 2.72 bits per heavy atom. The Hall–Kier alpha value is -2.09. The summed E-state index contributed by atoms with van der Waals surface area (Å²) in [6.07, 6.45) is 0.882. The number of aromatic nitrogens is 4. The van der Waals surface area contributed by atoms with E-state index in [0.717, 1.165) is 10.9 Å². The summed E-state index contributed by atoms with van der Waals surface area (Å²) in [7, 11) is 0. The van der Waals surface area contributed by atoms with Crippen LogP contribution in [0.3, 0.4) is 0 Å². The summed E-state index contributed by atoms with van der Waals surface area (Å²) in [4.78, 5) is 17.4. The average Bonchev–Trinajstić information content (AvgIpc) is 2.57. The molecule has 0 aliphatic rings. The molecule has 94 valence electrons. The van der Waals surface area contributed by atoms with Crippen LogP contribution in [0.1, 0.15) is 11.4 Å². The van der Waals surface area contributed by atoms with Gasteiger partial charge in [0.2, 0.25) is 5.28 Å². The first kappa shape index (κ1) is 12.4. The molecule has 0 unspecified atom stereocenters. The number of rotatable bonds is 2. The lowest BCUT2D eigenvalue weighted by atomic mass is 10.3. The maximum Gasteiger partial charge on any atom is 0.313 e. The molecule has 0 saturated heterocycles. The van der Waals surface area contributed by atoms with E-state index in [1.54, 1.807) is 0 Å². The Morgan fingerprint density at radius 2 is 2.17 bits per heavy atom. The molecule has 0 radical (unpaired) electrons. The standard InChI is InChI=1S/C9H7ClFN5O2/c1-4-7(16(17)18)5(2)15(14-4)8-6(11)3-12-9(10)13-8/h3H,1-2H3. The van der Waals surface area contributed by atoms with Crippen LogP contribution >= 0.6 is 11.6 Å². The molecular weight excluding hydrogens is 265 g/mol. The molecule has 0 N–H and O–H groups in total. The molecule has 0 saturated carbocycles. The lowest BCUT2D eigenvalue weighted by Crippen LogP contribution is -2.06. The minimum absolute atomic E-state index is 0.165. The van der Waals surface area contributed by atoms with Crippen LogP contribution < -0.4 is 0 Å². The molecule has 0 bridgehead atoms. The highest BCUT2D eigenvalue weighted by Gasteiger charge is 2.24. The van der Waals surface area contributed by atoms with Gasteiger partial charge in [0.1, 0.15) is 11.4 Å². The second-order valence-corrected chi connectivity index (χ2v) is 3.84. The minimum atomic E-state index is -0.764. The second kappa shape index (κ2) is 4.30. The van der Waals surface area contributed by atoms with Crippen molar-refractivity contribution in [3.8, 4) is 5.82 Å². The predicted molar refractivity (Wildman–Crippen MR) is 60.3 cm³/mol. The lowest BCUT2D eigenvalue weighted by Gasteiger charge is -2.03. The van der Waals surface area contributed by atoms with Crippen LogP contribution in [-0.2, 0) is 0 Å².